The molecule has 0 saturated heterocycles. The Morgan fingerprint density at radius 1 is 1.05 bits per heavy atom. The molecule has 2 fully saturated rings. The van der Waals surface area contributed by atoms with Gasteiger partial charge in [-0.3, -0.25) is 9.69 Å². The summed E-state index contributed by atoms with van der Waals surface area (Å²) in [6, 6.07) is 1.21. The van der Waals surface area contributed by atoms with Gasteiger partial charge in [-0.15, -0.1) is 0 Å². The highest BCUT2D eigenvalue weighted by molar-refractivity contribution is 5.80. The zero-order valence-electron chi connectivity index (χ0n) is 13.8. The second kappa shape index (κ2) is 7.59. The van der Waals surface area contributed by atoms with Crippen molar-refractivity contribution in [1.29, 1.82) is 0 Å². The molecule has 0 aromatic heterocycles. The average Bonchev–Trinajstić information content (AvgIpc) is 2.53. The molecule has 0 amide bonds. The van der Waals surface area contributed by atoms with Crippen molar-refractivity contribution in [2.45, 2.75) is 88.8 Å². The molecule has 2 aliphatic carbocycles. The number of esters is 1. The number of ether oxygens (including phenoxy) is 1. The standard InChI is InChI=1S/C17H32N2O2/c1-17(18,16(20)21-2)13-19(14-9-5-3-6-10-14)15-11-7-4-8-12-15/h14-15H,3-13,18H2,1-2H3. The molecule has 1 unspecified atom stereocenters. The third-order valence-electron chi connectivity index (χ3n) is 5.25. The molecule has 21 heavy (non-hydrogen) atoms. The molecule has 2 saturated carbocycles. The fourth-order valence-electron chi connectivity index (χ4n) is 4.06. The van der Waals surface area contributed by atoms with Gasteiger partial charge in [-0.2, -0.15) is 0 Å². The first kappa shape index (κ1) is 16.8. The van der Waals surface area contributed by atoms with Crippen LogP contribution in [0.3, 0.4) is 0 Å². The number of hydrogen-bond donors (Lipinski definition) is 1. The van der Waals surface area contributed by atoms with Crippen LogP contribution in [0.2, 0.25) is 0 Å². The van der Waals surface area contributed by atoms with Gasteiger partial charge in [0.1, 0.15) is 5.54 Å². The molecule has 0 radical (unpaired) electrons. The Kier molecular flexibility index (Phi) is 6.06. The number of nitrogens with zero attached hydrogens (tertiary/aromatic N) is 1. The summed E-state index contributed by atoms with van der Waals surface area (Å²) in [4.78, 5) is 14.5. The number of rotatable bonds is 5. The highest BCUT2D eigenvalue weighted by Gasteiger charge is 2.37. The highest BCUT2D eigenvalue weighted by atomic mass is 16.5. The lowest BCUT2D eigenvalue weighted by molar-refractivity contribution is -0.147. The van der Waals surface area contributed by atoms with E-state index in [0.717, 1.165) is 0 Å². The van der Waals surface area contributed by atoms with E-state index in [1.165, 1.54) is 71.3 Å². The van der Waals surface area contributed by atoms with Crippen LogP contribution in [0.15, 0.2) is 0 Å². The zero-order chi connectivity index (χ0) is 15.3. The van der Waals surface area contributed by atoms with Crippen molar-refractivity contribution in [3.63, 3.8) is 0 Å². The van der Waals surface area contributed by atoms with Crippen LogP contribution in [0.25, 0.3) is 0 Å². The van der Waals surface area contributed by atoms with Crippen LogP contribution in [0.1, 0.15) is 71.1 Å². The van der Waals surface area contributed by atoms with E-state index in [9.17, 15) is 4.79 Å². The summed E-state index contributed by atoms with van der Waals surface area (Å²) in [7, 11) is 1.43. The molecule has 122 valence electrons. The number of hydrogen-bond acceptors (Lipinski definition) is 4. The van der Waals surface area contributed by atoms with Gasteiger partial charge in [0.05, 0.1) is 7.11 Å². The Morgan fingerprint density at radius 3 is 1.86 bits per heavy atom. The van der Waals surface area contributed by atoms with E-state index in [4.69, 9.17) is 10.5 Å². The maximum absolute atomic E-state index is 12.0. The Labute approximate surface area is 129 Å². The van der Waals surface area contributed by atoms with E-state index < -0.39 is 5.54 Å². The monoisotopic (exact) mass is 296 g/mol. The minimum atomic E-state index is -0.899. The Morgan fingerprint density at radius 2 is 1.48 bits per heavy atom. The van der Waals surface area contributed by atoms with Gasteiger partial charge in [0.25, 0.3) is 0 Å². The molecule has 4 heteroatoms. The molecule has 0 bridgehead atoms. The molecule has 0 aromatic carbocycles. The van der Waals surface area contributed by atoms with Gasteiger partial charge < -0.3 is 10.5 Å². The fraction of sp³-hybridized carbons (Fsp3) is 0.941. The van der Waals surface area contributed by atoms with Crippen LogP contribution in [-0.2, 0) is 9.53 Å². The number of carbonyl (C=O) groups excluding carboxylic acids is 1. The van der Waals surface area contributed by atoms with Crippen molar-refractivity contribution in [1.82, 2.24) is 4.90 Å². The molecule has 1 atom stereocenters. The lowest BCUT2D eigenvalue weighted by Gasteiger charge is -2.44. The summed E-state index contributed by atoms with van der Waals surface area (Å²) >= 11 is 0. The minimum Gasteiger partial charge on any atom is -0.468 e. The van der Waals surface area contributed by atoms with Crippen molar-refractivity contribution in [3.05, 3.63) is 0 Å². The summed E-state index contributed by atoms with van der Waals surface area (Å²) < 4.78 is 4.90. The highest BCUT2D eigenvalue weighted by Crippen LogP contribution is 2.31. The minimum absolute atomic E-state index is 0.292. The summed E-state index contributed by atoms with van der Waals surface area (Å²) in [5.41, 5.74) is 5.37. The molecular weight excluding hydrogens is 264 g/mol. The summed E-state index contributed by atoms with van der Waals surface area (Å²) in [5.74, 6) is -0.292. The molecule has 0 heterocycles. The van der Waals surface area contributed by atoms with Gasteiger partial charge in [-0.1, -0.05) is 38.5 Å². The Bertz CT molecular complexity index is 314. The number of nitrogens with two attached hydrogens (primary N) is 1. The zero-order valence-corrected chi connectivity index (χ0v) is 13.8. The number of carbonyl (C=O) groups is 1. The second-order valence-electron chi connectivity index (χ2n) is 7.17. The van der Waals surface area contributed by atoms with Gasteiger partial charge in [0, 0.05) is 18.6 Å². The van der Waals surface area contributed by atoms with Crippen molar-refractivity contribution < 1.29 is 9.53 Å². The smallest absolute Gasteiger partial charge is 0.326 e. The lowest BCUT2D eigenvalue weighted by Crippen LogP contribution is -2.59. The first-order valence-corrected chi connectivity index (χ1v) is 8.67. The molecule has 2 N–H and O–H groups in total. The third kappa shape index (κ3) is 4.43. The molecule has 2 rings (SSSR count). The van der Waals surface area contributed by atoms with Crippen molar-refractivity contribution in [3.8, 4) is 0 Å². The molecular formula is C17H32N2O2. The Balaban J connectivity index is 2.08. The van der Waals surface area contributed by atoms with Crippen LogP contribution in [0, 0.1) is 0 Å². The van der Waals surface area contributed by atoms with Gasteiger partial charge in [0.15, 0.2) is 0 Å². The molecule has 0 aromatic rings. The molecule has 4 nitrogen and oxygen atoms in total. The third-order valence-corrected chi connectivity index (χ3v) is 5.25. The van der Waals surface area contributed by atoms with Crippen LogP contribution in [-0.4, -0.2) is 42.1 Å². The topological polar surface area (TPSA) is 55.6 Å². The van der Waals surface area contributed by atoms with Gasteiger partial charge in [0.2, 0.25) is 0 Å². The van der Waals surface area contributed by atoms with E-state index in [2.05, 4.69) is 4.90 Å². The van der Waals surface area contributed by atoms with Crippen LogP contribution < -0.4 is 5.73 Å². The van der Waals surface area contributed by atoms with Crippen LogP contribution in [0.5, 0.6) is 0 Å². The molecule has 0 aliphatic heterocycles. The van der Waals surface area contributed by atoms with Crippen LogP contribution in [0.4, 0.5) is 0 Å². The van der Waals surface area contributed by atoms with Crippen molar-refractivity contribution >= 4 is 5.97 Å². The fourth-order valence-corrected chi connectivity index (χ4v) is 4.06. The van der Waals surface area contributed by atoms with E-state index in [0.29, 0.717) is 18.6 Å². The second-order valence-corrected chi connectivity index (χ2v) is 7.17. The van der Waals surface area contributed by atoms with Crippen molar-refractivity contribution in [2.24, 2.45) is 5.73 Å². The predicted octanol–water partition coefficient (Wildman–Crippen LogP) is 2.84. The predicted molar refractivity (Wildman–Crippen MR) is 85.1 cm³/mol. The van der Waals surface area contributed by atoms with Gasteiger partial charge in [-0.25, -0.2) is 0 Å². The molecule has 2 aliphatic rings. The normalized spacial score (nSPS) is 24.8. The maximum Gasteiger partial charge on any atom is 0.326 e. The summed E-state index contributed by atoms with van der Waals surface area (Å²) in [6.45, 7) is 2.45. The SMILES string of the molecule is COC(=O)C(C)(N)CN(C1CCCCC1)C1CCCCC1. The van der Waals surface area contributed by atoms with Crippen LogP contribution >= 0.6 is 0 Å². The maximum atomic E-state index is 12.0. The average molecular weight is 296 g/mol. The number of methoxy groups -OCH3 is 1. The summed E-state index contributed by atoms with van der Waals surface area (Å²) in [6.07, 6.45) is 13.0. The van der Waals surface area contributed by atoms with E-state index in [-0.39, 0.29) is 5.97 Å². The van der Waals surface area contributed by atoms with E-state index in [1.807, 2.05) is 6.92 Å². The Hall–Kier alpha value is -0.610. The first-order chi connectivity index (χ1) is 10.0. The lowest BCUT2D eigenvalue weighted by atomic mass is 9.87. The molecule has 0 spiro atoms. The van der Waals surface area contributed by atoms with Crippen molar-refractivity contribution in [2.75, 3.05) is 13.7 Å². The van der Waals surface area contributed by atoms with E-state index in [1.54, 1.807) is 0 Å². The quantitative estimate of drug-likeness (QED) is 0.793. The van der Waals surface area contributed by atoms with E-state index >= 15 is 0 Å². The van der Waals surface area contributed by atoms with Gasteiger partial charge >= 0.3 is 5.97 Å². The first-order valence-electron chi connectivity index (χ1n) is 8.67. The van der Waals surface area contributed by atoms with Gasteiger partial charge in [-0.05, 0) is 32.6 Å². The summed E-state index contributed by atoms with van der Waals surface area (Å²) in [5, 5.41) is 0. The largest absolute Gasteiger partial charge is 0.468 e.